The molecule has 0 radical (unpaired) electrons. The number of methoxy groups -OCH3 is 1. The normalized spacial score (nSPS) is 10.2. The number of nitrogens with one attached hydrogen (secondary N) is 1. The average Bonchev–Trinajstić information content (AvgIpc) is 2.79. The van der Waals surface area contributed by atoms with Crippen molar-refractivity contribution < 1.29 is 23.9 Å². The van der Waals surface area contributed by atoms with Gasteiger partial charge in [0.1, 0.15) is 5.75 Å². The van der Waals surface area contributed by atoms with Gasteiger partial charge in [-0.3, -0.25) is 14.4 Å². The number of carbonyl (C=O) groups is 3. The lowest BCUT2D eigenvalue weighted by atomic mass is 10.0. The van der Waals surface area contributed by atoms with Crippen LogP contribution in [0.4, 0.5) is 5.69 Å². The van der Waals surface area contributed by atoms with Crippen LogP contribution in [0.15, 0.2) is 78.9 Å². The monoisotopic (exact) mass is 403 g/mol. The van der Waals surface area contributed by atoms with E-state index in [-0.39, 0.29) is 12.2 Å². The zero-order chi connectivity index (χ0) is 21.3. The molecule has 6 nitrogen and oxygen atoms in total. The van der Waals surface area contributed by atoms with Crippen LogP contribution in [0.1, 0.15) is 21.5 Å². The first-order valence-electron chi connectivity index (χ1n) is 9.34. The van der Waals surface area contributed by atoms with Gasteiger partial charge in [0.05, 0.1) is 19.2 Å². The Morgan fingerprint density at radius 2 is 1.50 bits per heavy atom. The zero-order valence-electron chi connectivity index (χ0n) is 16.5. The number of esters is 1. The van der Waals surface area contributed by atoms with Gasteiger partial charge in [-0.1, -0.05) is 54.6 Å². The Bertz CT molecular complexity index is 1030. The molecule has 0 aromatic heterocycles. The number of ketones is 1. The molecule has 0 spiro atoms. The van der Waals surface area contributed by atoms with Gasteiger partial charge >= 0.3 is 5.97 Å². The maximum absolute atomic E-state index is 12.7. The van der Waals surface area contributed by atoms with Crippen molar-refractivity contribution in [1.29, 1.82) is 0 Å². The lowest BCUT2D eigenvalue weighted by Gasteiger charge is -2.11. The fourth-order valence-electron chi connectivity index (χ4n) is 2.83. The number of ether oxygens (including phenoxy) is 2. The molecule has 0 saturated carbocycles. The van der Waals surface area contributed by atoms with Crippen molar-refractivity contribution in [3.63, 3.8) is 0 Å². The van der Waals surface area contributed by atoms with Gasteiger partial charge in [-0.05, 0) is 29.8 Å². The molecule has 0 unspecified atom stereocenters. The number of para-hydroxylation sites is 1. The van der Waals surface area contributed by atoms with Crippen LogP contribution in [0.5, 0.6) is 5.75 Å². The van der Waals surface area contributed by atoms with Crippen molar-refractivity contribution >= 4 is 23.3 Å². The molecule has 30 heavy (non-hydrogen) atoms. The predicted octanol–water partition coefficient (Wildman–Crippen LogP) is 3.65. The Kier molecular flexibility index (Phi) is 6.95. The van der Waals surface area contributed by atoms with Crippen LogP contribution in [-0.4, -0.2) is 31.4 Å². The second-order valence-corrected chi connectivity index (χ2v) is 6.47. The van der Waals surface area contributed by atoms with Crippen molar-refractivity contribution in [1.82, 2.24) is 0 Å². The summed E-state index contributed by atoms with van der Waals surface area (Å²) < 4.78 is 10.1. The highest BCUT2D eigenvalue weighted by atomic mass is 16.5. The van der Waals surface area contributed by atoms with Crippen LogP contribution >= 0.6 is 0 Å². The van der Waals surface area contributed by atoms with Gasteiger partial charge in [0.25, 0.3) is 5.91 Å². The van der Waals surface area contributed by atoms with Crippen molar-refractivity contribution in [3.05, 3.63) is 95.6 Å². The second-order valence-electron chi connectivity index (χ2n) is 6.47. The van der Waals surface area contributed by atoms with Gasteiger partial charge in [0.2, 0.25) is 0 Å². The van der Waals surface area contributed by atoms with E-state index in [2.05, 4.69) is 5.32 Å². The minimum Gasteiger partial charge on any atom is -0.497 e. The molecule has 0 aliphatic carbocycles. The Morgan fingerprint density at radius 3 is 2.20 bits per heavy atom. The van der Waals surface area contributed by atoms with Crippen LogP contribution in [0.25, 0.3) is 0 Å². The minimum atomic E-state index is -0.524. The molecule has 1 N–H and O–H groups in total. The smallest absolute Gasteiger partial charge is 0.310 e. The van der Waals surface area contributed by atoms with Crippen LogP contribution in [-0.2, 0) is 20.7 Å². The van der Waals surface area contributed by atoms with E-state index in [4.69, 9.17) is 9.47 Å². The topological polar surface area (TPSA) is 81.7 Å². The third-order valence-electron chi connectivity index (χ3n) is 4.35. The highest BCUT2D eigenvalue weighted by Crippen LogP contribution is 2.19. The fourth-order valence-corrected chi connectivity index (χ4v) is 2.83. The minimum absolute atomic E-state index is 0.0420. The molecular formula is C24H21NO5. The van der Waals surface area contributed by atoms with E-state index in [1.165, 1.54) is 0 Å². The van der Waals surface area contributed by atoms with E-state index in [0.29, 0.717) is 22.6 Å². The van der Waals surface area contributed by atoms with Gasteiger partial charge in [0.15, 0.2) is 12.4 Å². The first-order valence-corrected chi connectivity index (χ1v) is 9.34. The highest BCUT2D eigenvalue weighted by Gasteiger charge is 2.15. The number of rotatable bonds is 8. The predicted molar refractivity (Wildman–Crippen MR) is 113 cm³/mol. The molecule has 0 heterocycles. The number of benzene rings is 3. The Morgan fingerprint density at radius 1 is 0.833 bits per heavy atom. The summed E-state index contributed by atoms with van der Waals surface area (Å²) in [4.78, 5) is 37.0. The number of hydrogen-bond acceptors (Lipinski definition) is 5. The standard InChI is InChI=1S/C24H21NO5/c1-29-19-13-11-17(12-14-19)15-23(27)30-16-22(26)25-21-10-6-5-9-20(21)24(28)18-7-3-2-4-8-18/h2-14H,15-16H2,1H3,(H,25,26). The molecule has 1 amide bonds. The molecule has 3 aromatic carbocycles. The summed E-state index contributed by atoms with van der Waals surface area (Å²) in [6.07, 6.45) is 0.0420. The molecule has 6 heteroatoms. The highest BCUT2D eigenvalue weighted by molar-refractivity contribution is 6.13. The molecule has 3 rings (SSSR count). The quantitative estimate of drug-likeness (QED) is 0.459. The Labute approximate surface area is 174 Å². The second kappa shape index (κ2) is 10.0. The van der Waals surface area contributed by atoms with Gasteiger partial charge in [-0.2, -0.15) is 0 Å². The fraction of sp³-hybridized carbons (Fsp3) is 0.125. The summed E-state index contributed by atoms with van der Waals surface area (Å²) in [5.74, 6) is -0.562. The van der Waals surface area contributed by atoms with Crippen molar-refractivity contribution in [3.8, 4) is 5.75 Å². The SMILES string of the molecule is COc1ccc(CC(=O)OCC(=O)Nc2ccccc2C(=O)c2ccccc2)cc1. The number of amides is 1. The van der Waals surface area contributed by atoms with Gasteiger partial charge in [-0.15, -0.1) is 0 Å². The average molecular weight is 403 g/mol. The first-order chi connectivity index (χ1) is 14.6. The van der Waals surface area contributed by atoms with Gasteiger partial charge < -0.3 is 14.8 Å². The van der Waals surface area contributed by atoms with Crippen molar-refractivity contribution in [2.24, 2.45) is 0 Å². The molecule has 0 aliphatic rings. The molecule has 0 atom stereocenters. The van der Waals surface area contributed by atoms with Crippen LogP contribution in [0, 0.1) is 0 Å². The third kappa shape index (κ3) is 5.54. The molecule has 152 valence electrons. The lowest BCUT2D eigenvalue weighted by Crippen LogP contribution is -2.22. The molecule has 0 bridgehead atoms. The third-order valence-corrected chi connectivity index (χ3v) is 4.35. The zero-order valence-corrected chi connectivity index (χ0v) is 16.5. The van der Waals surface area contributed by atoms with E-state index >= 15 is 0 Å². The van der Waals surface area contributed by atoms with E-state index in [1.807, 2.05) is 6.07 Å². The van der Waals surface area contributed by atoms with E-state index < -0.39 is 18.5 Å². The maximum Gasteiger partial charge on any atom is 0.310 e. The van der Waals surface area contributed by atoms with Crippen LogP contribution < -0.4 is 10.1 Å². The molecule has 0 fully saturated rings. The number of anilines is 1. The first kappa shape index (κ1) is 20.8. The van der Waals surface area contributed by atoms with E-state index in [0.717, 1.165) is 5.56 Å². The van der Waals surface area contributed by atoms with E-state index in [9.17, 15) is 14.4 Å². The van der Waals surface area contributed by atoms with Gasteiger partial charge in [-0.25, -0.2) is 0 Å². The summed E-state index contributed by atoms with van der Waals surface area (Å²) in [5.41, 5.74) is 1.99. The number of carbonyl (C=O) groups excluding carboxylic acids is 3. The summed E-state index contributed by atoms with van der Waals surface area (Å²) in [7, 11) is 1.56. The Hall–Kier alpha value is -3.93. The van der Waals surface area contributed by atoms with Crippen LogP contribution in [0.2, 0.25) is 0 Å². The van der Waals surface area contributed by atoms with Crippen molar-refractivity contribution in [2.75, 3.05) is 19.0 Å². The van der Waals surface area contributed by atoms with E-state index in [1.54, 1.807) is 79.9 Å². The summed E-state index contributed by atoms with van der Waals surface area (Å²) in [6, 6.07) is 22.5. The molecular weight excluding hydrogens is 382 g/mol. The molecule has 3 aromatic rings. The maximum atomic E-state index is 12.7. The largest absolute Gasteiger partial charge is 0.497 e. The Balaban J connectivity index is 1.57. The molecule has 0 saturated heterocycles. The molecule has 0 aliphatic heterocycles. The van der Waals surface area contributed by atoms with Crippen LogP contribution in [0.3, 0.4) is 0 Å². The summed E-state index contributed by atoms with van der Waals surface area (Å²) in [5, 5.41) is 2.64. The summed E-state index contributed by atoms with van der Waals surface area (Å²) >= 11 is 0. The number of hydrogen-bond donors (Lipinski definition) is 1. The summed E-state index contributed by atoms with van der Waals surface area (Å²) in [6.45, 7) is -0.442. The van der Waals surface area contributed by atoms with Crippen molar-refractivity contribution in [2.45, 2.75) is 6.42 Å². The van der Waals surface area contributed by atoms with Gasteiger partial charge in [0, 0.05) is 11.1 Å². The lowest BCUT2D eigenvalue weighted by molar-refractivity contribution is -0.146.